The number of amides is 2. The lowest BCUT2D eigenvalue weighted by Crippen LogP contribution is -2.38. The molecule has 0 radical (unpaired) electrons. The van der Waals surface area contributed by atoms with Crippen molar-refractivity contribution in [1.82, 2.24) is 9.47 Å². The molecule has 4 nitrogen and oxygen atoms in total. The van der Waals surface area contributed by atoms with Gasteiger partial charge in [0.25, 0.3) is 0 Å². The first-order valence-corrected chi connectivity index (χ1v) is 10.8. The van der Waals surface area contributed by atoms with E-state index < -0.39 is 17.7 Å². The third kappa shape index (κ3) is 3.89. The van der Waals surface area contributed by atoms with Gasteiger partial charge < -0.3 is 14.8 Å². The number of fused-ring (bicyclic) bond motifs is 3. The highest BCUT2D eigenvalue weighted by molar-refractivity contribution is 5.91. The van der Waals surface area contributed by atoms with E-state index in [9.17, 15) is 13.6 Å². The molecule has 0 unspecified atom stereocenters. The third-order valence-corrected chi connectivity index (χ3v) is 6.06. The Balaban J connectivity index is 1.66. The van der Waals surface area contributed by atoms with Gasteiger partial charge in [-0.05, 0) is 72.5 Å². The van der Waals surface area contributed by atoms with Gasteiger partial charge in [0.15, 0.2) is 0 Å². The van der Waals surface area contributed by atoms with Crippen LogP contribution in [0.4, 0.5) is 19.3 Å². The lowest BCUT2D eigenvalue weighted by atomic mass is 10.0. The van der Waals surface area contributed by atoms with Gasteiger partial charge >= 0.3 is 6.03 Å². The maximum absolute atomic E-state index is 14.3. The number of carbonyl (C=O) groups is 1. The SMILES string of the molecule is Cc1ccc(C)c(NC(=O)N2Cc3ccccc3-n3cccc3[C@H]2c2cc(F)cc(F)c2)c1. The van der Waals surface area contributed by atoms with Gasteiger partial charge in [-0.15, -0.1) is 0 Å². The van der Waals surface area contributed by atoms with Crippen molar-refractivity contribution in [3.05, 3.63) is 119 Å². The molecule has 166 valence electrons. The number of halogens is 2. The van der Waals surface area contributed by atoms with Gasteiger partial charge in [0.2, 0.25) is 0 Å². The Morgan fingerprint density at radius 3 is 2.48 bits per heavy atom. The van der Waals surface area contributed by atoms with Crippen molar-refractivity contribution in [2.45, 2.75) is 26.4 Å². The number of aryl methyl sites for hydroxylation is 2. The number of urea groups is 1. The summed E-state index contributed by atoms with van der Waals surface area (Å²) >= 11 is 0. The van der Waals surface area contributed by atoms with E-state index in [-0.39, 0.29) is 12.6 Å². The van der Waals surface area contributed by atoms with Gasteiger partial charge in [-0.3, -0.25) is 0 Å². The van der Waals surface area contributed by atoms with E-state index in [0.717, 1.165) is 34.1 Å². The molecule has 0 spiro atoms. The van der Waals surface area contributed by atoms with Crippen LogP contribution in [0.5, 0.6) is 0 Å². The Bertz CT molecular complexity index is 1340. The summed E-state index contributed by atoms with van der Waals surface area (Å²) in [5.74, 6) is -1.36. The average Bonchev–Trinajstić information content (AvgIpc) is 3.19. The lowest BCUT2D eigenvalue weighted by Gasteiger charge is -2.31. The number of aromatic nitrogens is 1. The summed E-state index contributed by atoms with van der Waals surface area (Å²) in [5, 5.41) is 3.02. The smallest absolute Gasteiger partial charge is 0.318 e. The van der Waals surface area contributed by atoms with Crippen molar-refractivity contribution in [2.75, 3.05) is 5.32 Å². The Labute approximate surface area is 191 Å². The molecular weight excluding hydrogens is 420 g/mol. The van der Waals surface area contributed by atoms with Crippen LogP contribution < -0.4 is 5.32 Å². The maximum atomic E-state index is 14.3. The first kappa shape index (κ1) is 20.9. The quantitative estimate of drug-likeness (QED) is 0.377. The molecular formula is C27H23F2N3O. The number of nitrogens with zero attached hydrogens (tertiary/aromatic N) is 2. The Morgan fingerprint density at radius 2 is 1.70 bits per heavy atom. The highest BCUT2D eigenvalue weighted by Gasteiger charge is 2.33. The van der Waals surface area contributed by atoms with E-state index in [0.29, 0.717) is 11.3 Å². The van der Waals surface area contributed by atoms with Crippen molar-refractivity contribution in [3.63, 3.8) is 0 Å². The van der Waals surface area contributed by atoms with Crippen LogP contribution in [-0.4, -0.2) is 15.5 Å². The van der Waals surface area contributed by atoms with E-state index in [2.05, 4.69) is 5.32 Å². The van der Waals surface area contributed by atoms with Gasteiger partial charge in [-0.25, -0.2) is 13.6 Å². The molecule has 0 saturated carbocycles. The van der Waals surface area contributed by atoms with Gasteiger partial charge in [0.1, 0.15) is 11.6 Å². The van der Waals surface area contributed by atoms with Crippen molar-refractivity contribution in [2.24, 2.45) is 0 Å². The Morgan fingerprint density at radius 1 is 0.939 bits per heavy atom. The van der Waals surface area contributed by atoms with Gasteiger partial charge in [0.05, 0.1) is 18.3 Å². The monoisotopic (exact) mass is 443 g/mol. The molecule has 0 saturated heterocycles. The summed E-state index contributed by atoms with van der Waals surface area (Å²) in [6.45, 7) is 4.16. The number of para-hydroxylation sites is 1. The minimum Gasteiger partial charge on any atom is -0.318 e. The molecule has 0 aliphatic carbocycles. The summed E-state index contributed by atoms with van der Waals surface area (Å²) in [7, 11) is 0. The van der Waals surface area contributed by atoms with Crippen molar-refractivity contribution < 1.29 is 13.6 Å². The fourth-order valence-electron chi connectivity index (χ4n) is 4.48. The number of carbonyl (C=O) groups excluding carboxylic acids is 1. The number of hydrogen-bond acceptors (Lipinski definition) is 1. The zero-order chi connectivity index (χ0) is 23.1. The minimum atomic E-state index is -0.692. The molecule has 1 atom stereocenters. The largest absolute Gasteiger partial charge is 0.322 e. The molecule has 1 aromatic heterocycles. The molecule has 1 aliphatic rings. The van der Waals surface area contributed by atoms with Crippen LogP contribution >= 0.6 is 0 Å². The first-order chi connectivity index (χ1) is 15.9. The van der Waals surface area contributed by atoms with Crippen LogP contribution in [0.1, 0.15) is 34.0 Å². The van der Waals surface area contributed by atoms with E-state index in [1.54, 1.807) is 4.90 Å². The average molecular weight is 443 g/mol. The summed E-state index contributed by atoms with van der Waals surface area (Å²) in [5.41, 5.74) is 5.65. The highest BCUT2D eigenvalue weighted by atomic mass is 19.1. The fraction of sp³-hybridized carbons (Fsp3) is 0.148. The first-order valence-electron chi connectivity index (χ1n) is 10.8. The van der Waals surface area contributed by atoms with Crippen molar-refractivity contribution in [1.29, 1.82) is 0 Å². The van der Waals surface area contributed by atoms with E-state index in [4.69, 9.17) is 0 Å². The predicted molar refractivity (Wildman–Crippen MR) is 124 cm³/mol. The molecule has 3 aromatic carbocycles. The van der Waals surface area contributed by atoms with Crippen LogP contribution in [0, 0.1) is 25.5 Å². The molecule has 4 aromatic rings. The summed E-state index contributed by atoms with van der Waals surface area (Å²) in [6.07, 6.45) is 1.91. The standard InChI is InChI=1S/C27H23F2N3O/c1-17-9-10-18(2)23(12-17)30-27(33)32-16-19-6-3-4-7-24(19)31-11-5-8-25(31)26(32)20-13-21(28)15-22(29)14-20/h3-15,26H,16H2,1-2H3,(H,30,33)/t26-/m1/s1. The Hall–Kier alpha value is -3.93. The van der Waals surface area contributed by atoms with E-state index in [1.165, 1.54) is 12.1 Å². The van der Waals surface area contributed by atoms with E-state index in [1.807, 2.05) is 79.2 Å². The minimum absolute atomic E-state index is 0.275. The van der Waals surface area contributed by atoms with Crippen molar-refractivity contribution in [3.8, 4) is 5.69 Å². The third-order valence-electron chi connectivity index (χ3n) is 6.06. The molecule has 33 heavy (non-hydrogen) atoms. The highest BCUT2D eigenvalue weighted by Crippen LogP contribution is 2.37. The number of nitrogens with one attached hydrogen (secondary N) is 1. The van der Waals surface area contributed by atoms with Crippen LogP contribution in [0.15, 0.2) is 79.0 Å². The van der Waals surface area contributed by atoms with Gasteiger partial charge in [0, 0.05) is 23.6 Å². The number of hydrogen-bond donors (Lipinski definition) is 1. The second kappa shape index (κ2) is 8.20. The number of anilines is 1. The number of benzene rings is 3. The second-order valence-electron chi connectivity index (χ2n) is 8.41. The van der Waals surface area contributed by atoms with Crippen LogP contribution in [-0.2, 0) is 6.54 Å². The van der Waals surface area contributed by atoms with Gasteiger partial charge in [-0.2, -0.15) is 0 Å². The second-order valence-corrected chi connectivity index (χ2v) is 8.41. The number of rotatable bonds is 2. The summed E-state index contributed by atoms with van der Waals surface area (Å²) < 4.78 is 30.5. The fourth-order valence-corrected chi connectivity index (χ4v) is 4.48. The molecule has 1 N–H and O–H groups in total. The van der Waals surface area contributed by atoms with Crippen LogP contribution in [0.25, 0.3) is 5.69 Å². The topological polar surface area (TPSA) is 37.3 Å². The van der Waals surface area contributed by atoms with Crippen molar-refractivity contribution >= 4 is 11.7 Å². The normalized spacial score (nSPS) is 14.9. The van der Waals surface area contributed by atoms with Gasteiger partial charge in [-0.1, -0.05) is 30.3 Å². The summed E-state index contributed by atoms with van der Waals surface area (Å²) in [4.78, 5) is 15.3. The Kier molecular flexibility index (Phi) is 5.21. The van der Waals surface area contributed by atoms with E-state index >= 15 is 0 Å². The van der Waals surface area contributed by atoms with Crippen LogP contribution in [0.2, 0.25) is 0 Å². The molecule has 2 heterocycles. The maximum Gasteiger partial charge on any atom is 0.322 e. The van der Waals surface area contributed by atoms with Crippen LogP contribution in [0.3, 0.4) is 0 Å². The molecule has 6 heteroatoms. The molecule has 1 aliphatic heterocycles. The summed E-state index contributed by atoms with van der Waals surface area (Å²) in [6, 6.07) is 19.8. The molecule has 0 fully saturated rings. The zero-order valence-corrected chi connectivity index (χ0v) is 18.3. The molecule has 0 bridgehead atoms. The molecule has 2 amide bonds. The predicted octanol–water partition coefficient (Wildman–Crippen LogP) is 6.51. The zero-order valence-electron chi connectivity index (χ0n) is 18.3. The lowest BCUT2D eigenvalue weighted by molar-refractivity contribution is 0.194. The molecule has 5 rings (SSSR count).